The van der Waals surface area contributed by atoms with Gasteiger partial charge in [-0.3, -0.25) is 9.59 Å². The second-order valence-electron chi connectivity index (χ2n) is 6.00. The summed E-state index contributed by atoms with van der Waals surface area (Å²) in [5, 5.41) is 3.03. The number of carbonyl (C=O) groups is 2. The zero-order valence-electron chi connectivity index (χ0n) is 14.1. The van der Waals surface area contributed by atoms with E-state index in [2.05, 4.69) is 21.2 Å². The molecule has 1 aliphatic carbocycles. The molecule has 5 nitrogen and oxygen atoms in total. The van der Waals surface area contributed by atoms with Crippen LogP contribution in [0.15, 0.2) is 22.7 Å². The minimum absolute atomic E-state index is 0.0245. The molecule has 1 aromatic rings. The highest BCUT2D eigenvalue weighted by atomic mass is 79.9. The molecule has 2 atom stereocenters. The minimum atomic E-state index is -0.141. The lowest BCUT2D eigenvalue weighted by Gasteiger charge is -2.13. The Morgan fingerprint density at radius 3 is 2.79 bits per heavy atom. The molecule has 0 heterocycles. The molecule has 1 aliphatic rings. The van der Waals surface area contributed by atoms with Crippen LogP contribution in [0.2, 0.25) is 0 Å². The SMILES string of the molecule is CCOC(=O)[C@@H]1CC[C@H](NC(=O)CCc2ccc(OC)c(Br)c2)C1. The molecular weight excluding hydrogens is 374 g/mol. The largest absolute Gasteiger partial charge is 0.496 e. The molecule has 1 amide bonds. The Bertz CT molecular complexity index is 590. The zero-order chi connectivity index (χ0) is 17.5. The van der Waals surface area contributed by atoms with E-state index in [-0.39, 0.29) is 23.8 Å². The highest BCUT2D eigenvalue weighted by Gasteiger charge is 2.31. The van der Waals surface area contributed by atoms with Gasteiger partial charge in [0.05, 0.1) is 24.1 Å². The predicted octanol–water partition coefficient (Wildman–Crippen LogP) is 3.24. The van der Waals surface area contributed by atoms with Crippen molar-refractivity contribution in [2.45, 2.75) is 45.1 Å². The lowest BCUT2D eigenvalue weighted by atomic mass is 10.1. The Kier molecular flexibility index (Phi) is 7.09. The van der Waals surface area contributed by atoms with E-state index >= 15 is 0 Å². The second kappa shape index (κ2) is 9.06. The molecule has 0 unspecified atom stereocenters. The van der Waals surface area contributed by atoms with Crippen LogP contribution in [0.3, 0.4) is 0 Å². The Morgan fingerprint density at radius 2 is 2.12 bits per heavy atom. The van der Waals surface area contributed by atoms with Gasteiger partial charge in [-0.05, 0) is 66.2 Å². The fourth-order valence-corrected chi connectivity index (χ4v) is 3.60. The molecule has 6 heteroatoms. The third-order valence-electron chi connectivity index (χ3n) is 4.27. The number of carbonyl (C=O) groups excluding carboxylic acids is 2. The van der Waals surface area contributed by atoms with Gasteiger partial charge >= 0.3 is 5.97 Å². The molecule has 132 valence electrons. The highest BCUT2D eigenvalue weighted by Crippen LogP contribution is 2.27. The summed E-state index contributed by atoms with van der Waals surface area (Å²) < 4.78 is 11.1. The van der Waals surface area contributed by atoms with Crippen LogP contribution in [0.1, 0.15) is 38.2 Å². The van der Waals surface area contributed by atoms with Gasteiger partial charge in [0, 0.05) is 12.5 Å². The molecule has 0 aromatic heterocycles. The first-order valence-electron chi connectivity index (χ1n) is 8.31. The molecule has 2 rings (SSSR count). The molecule has 0 bridgehead atoms. The second-order valence-corrected chi connectivity index (χ2v) is 6.85. The van der Waals surface area contributed by atoms with Crippen LogP contribution in [0.4, 0.5) is 0 Å². The van der Waals surface area contributed by atoms with Crippen molar-refractivity contribution in [1.29, 1.82) is 0 Å². The number of hydrogen-bond acceptors (Lipinski definition) is 4. The van der Waals surface area contributed by atoms with Crippen molar-refractivity contribution in [3.05, 3.63) is 28.2 Å². The van der Waals surface area contributed by atoms with Gasteiger partial charge < -0.3 is 14.8 Å². The fraction of sp³-hybridized carbons (Fsp3) is 0.556. The molecule has 0 spiro atoms. The van der Waals surface area contributed by atoms with E-state index in [1.54, 1.807) is 7.11 Å². The first-order valence-corrected chi connectivity index (χ1v) is 9.11. The van der Waals surface area contributed by atoms with Crippen LogP contribution < -0.4 is 10.1 Å². The Labute approximate surface area is 151 Å². The van der Waals surface area contributed by atoms with Gasteiger partial charge in [-0.15, -0.1) is 0 Å². The van der Waals surface area contributed by atoms with E-state index in [0.29, 0.717) is 25.9 Å². The summed E-state index contributed by atoms with van der Waals surface area (Å²) in [7, 11) is 1.62. The first-order chi connectivity index (χ1) is 11.5. The van der Waals surface area contributed by atoms with E-state index in [0.717, 1.165) is 28.6 Å². The number of amides is 1. The number of nitrogens with one attached hydrogen (secondary N) is 1. The maximum Gasteiger partial charge on any atom is 0.308 e. The summed E-state index contributed by atoms with van der Waals surface area (Å²) in [6.45, 7) is 2.22. The number of methoxy groups -OCH3 is 1. The molecule has 0 radical (unpaired) electrons. The van der Waals surface area contributed by atoms with Crippen LogP contribution in [-0.4, -0.2) is 31.6 Å². The Hall–Kier alpha value is -1.56. The third-order valence-corrected chi connectivity index (χ3v) is 4.89. The number of esters is 1. The normalized spacial score (nSPS) is 19.8. The van der Waals surface area contributed by atoms with E-state index in [1.807, 2.05) is 25.1 Å². The zero-order valence-corrected chi connectivity index (χ0v) is 15.7. The van der Waals surface area contributed by atoms with Crippen molar-refractivity contribution >= 4 is 27.8 Å². The van der Waals surface area contributed by atoms with Crippen LogP contribution in [0.5, 0.6) is 5.75 Å². The summed E-state index contributed by atoms with van der Waals surface area (Å²) in [6.07, 6.45) is 3.40. The number of aryl methyl sites for hydroxylation is 1. The van der Waals surface area contributed by atoms with Gasteiger partial charge in [-0.2, -0.15) is 0 Å². The van der Waals surface area contributed by atoms with Gasteiger partial charge in [0.25, 0.3) is 0 Å². The van der Waals surface area contributed by atoms with Crippen LogP contribution >= 0.6 is 15.9 Å². The monoisotopic (exact) mass is 397 g/mol. The van der Waals surface area contributed by atoms with Crippen LogP contribution in [0, 0.1) is 5.92 Å². The molecule has 1 N–H and O–H groups in total. The quantitative estimate of drug-likeness (QED) is 0.717. The average molecular weight is 398 g/mol. The summed E-state index contributed by atoms with van der Waals surface area (Å²) in [5.74, 6) is 0.584. The number of ether oxygens (including phenoxy) is 2. The number of benzene rings is 1. The lowest BCUT2D eigenvalue weighted by Crippen LogP contribution is -2.33. The number of halogens is 1. The van der Waals surface area contributed by atoms with Crippen molar-refractivity contribution in [2.24, 2.45) is 5.92 Å². The maximum absolute atomic E-state index is 12.1. The van der Waals surface area contributed by atoms with Crippen LogP contribution in [0.25, 0.3) is 0 Å². The predicted molar refractivity (Wildman–Crippen MR) is 94.9 cm³/mol. The van der Waals surface area contributed by atoms with E-state index < -0.39 is 0 Å². The molecule has 0 saturated heterocycles. The summed E-state index contributed by atoms with van der Waals surface area (Å²) in [4.78, 5) is 23.8. The van der Waals surface area contributed by atoms with Gasteiger partial charge in [0.15, 0.2) is 0 Å². The molecule has 24 heavy (non-hydrogen) atoms. The van der Waals surface area contributed by atoms with Gasteiger partial charge in [-0.25, -0.2) is 0 Å². The lowest BCUT2D eigenvalue weighted by molar-refractivity contribution is -0.147. The smallest absolute Gasteiger partial charge is 0.308 e. The van der Waals surface area contributed by atoms with Crippen molar-refractivity contribution < 1.29 is 19.1 Å². The fourth-order valence-electron chi connectivity index (χ4n) is 3.01. The highest BCUT2D eigenvalue weighted by molar-refractivity contribution is 9.10. The third kappa shape index (κ3) is 5.23. The average Bonchev–Trinajstić information content (AvgIpc) is 3.02. The molecule has 1 fully saturated rings. The summed E-state index contributed by atoms with van der Waals surface area (Å²) in [6, 6.07) is 5.90. The van der Waals surface area contributed by atoms with Gasteiger partial charge in [0.1, 0.15) is 5.75 Å². The van der Waals surface area contributed by atoms with Crippen molar-refractivity contribution in [1.82, 2.24) is 5.32 Å². The maximum atomic E-state index is 12.1. The Balaban J connectivity index is 1.76. The van der Waals surface area contributed by atoms with Gasteiger partial charge in [0.2, 0.25) is 5.91 Å². The van der Waals surface area contributed by atoms with Gasteiger partial charge in [-0.1, -0.05) is 6.07 Å². The molecule has 1 aromatic carbocycles. The van der Waals surface area contributed by atoms with E-state index in [1.165, 1.54) is 0 Å². The van der Waals surface area contributed by atoms with E-state index in [4.69, 9.17) is 9.47 Å². The minimum Gasteiger partial charge on any atom is -0.496 e. The number of hydrogen-bond donors (Lipinski definition) is 1. The topological polar surface area (TPSA) is 64.6 Å². The Morgan fingerprint density at radius 1 is 1.33 bits per heavy atom. The number of rotatable bonds is 7. The molecule has 0 aliphatic heterocycles. The van der Waals surface area contributed by atoms with Crippen molar-refractivity contribution in [2.75, 3.05) is 13.7 Å². The molecular formula is C18H24BrNO4. The molecule has 1 saturated carbocycles. The van der Waals surface area contributed by atoms with Crippen LogP contribution in [-0.2, 0) is 20.7 Å². The van der Waals surface area contributed by atoms with E-state index in [9.17, 15) is 9.59 Å². The first kappa shape index (κ1) is 18.8. The summed E-state index contributed by atoms with van der Waals surface area (Å²) >= 11 is 3.45. The standard InChI is InChI=1S/C18H24BrNO4/c1-3-24-18(22)13-6-7-14(11-13)20-17(21)9-5-12-4-8-16(23-2)15(19)10-12/h4,8,10,13-14H,3,5-7,9,11H2,1-2H3,(H,20,21)/t13-,14+/m1/s1. The van der Waals surface area contributed by atoms with Crippen molar-refractivity contribution in [3.8, 4) is 5.75 Å². The van der Waals surface area contributed by atoms with Crippen molar-refractivity contribution in [3.63, 3.8) is 0 Å². The summed E-state index contributed by atoms with van der Waals surface area (Å²) in [5.41, 5.74) is 1.08.